The molecule has 1 unspecified atom stereocenters. The lowest BCUT2D eigenvalue weighted by molar-refractivity contribution is -0.384. The maximum Gasteiger partial charge on any atom is 0.331 e. The number of hydrogen-bond donors (Lipinski definition) is 0. The fourth-order valence-corrected chi connectivity index (χ4v) is 3.28. The topological polar surface area (TPSA) is 105 Å². The van der Waals surface area contributed by atoms with Gasteiger partial charge >= 0.3 is 13.6 Å². The molecular formula is C14H20NO7P. The first kappa shape index (κ1) is 19.3. The third kappa shape index (κ3) is 5.74. The smallest absolute Gasteiger partial charge is 0.331 e. The van der Waals surface area contributed by atoms with Crippen molar-refractivity contribution in [3.8, 4) is 0 Å². The monoisotopic (exact) mass is 345 g/mol. The highest BCUT2D eigenvalue weighted by Gasteiger charge is 2.32. The number of carbonyl (C=O) groups excluding carboxylic acids is 1. The fourth-order valence-electron chi connectivity index (χ4n) is 2.01. The lowest BCUT2D eigenvalue weighted by Gasteiger charge is -2.20. The molecule has 0 aliphatic rings. The highest BCUT2D eigenvalue weighted by atomic mass is 31.2. The second-order valence-electron chi connectivity index (χ2n) is 4.74. The van der Waals surface area contributed by atoms with Crippen molar-refractivity contribution >= 4 is 19.3 Å². The minimum atomic E-state index is -3.39. The van der Waals surface area contributed by atoms with Crippen molar-refractivity contribution in [3.05, 3.63) is 39.9 Å². The molecule has 0 N–H and O–H groups in total. The molecule has 1 aromatic carbocycles. The van der Waals surface area contributed by atoms with Crippen LogP contribution in [-0.4, -0.2) is 37.9 Å². The lowest BCUT2D eigenvalue weighted by Crippen LogP contribution is -2.24. The Hall–Kier alpha value is -1.76. The predicted octanol–water partition coefficient (Wildman–Crippen LogP) is 2.80. The van der Waals surface area contributed by atoms with Gasteiger partial charge in [0.05, 0.1) is 23.6 Å². The largest absolute Gasteiger partial charge is 0.466 e. The minimum absolute atomic E-state index is 0.0408. The van der Waals surface area contributed by atoms with E-state index in [1.54, 1.807) is 19.1 Å². The highest BCUT2D eigenvalue weighted by molar-refractivity contribution is 7.53. The Labute approximate surface area is 134 Å². The van der Waals surface area contributed by atoms with E-state index >= 15 is 0 Å². The van der Waals surface area contributed by atoms with Crippen LogP contribution in [0.5, 0.6) is 0 Å². The summed E-state index contributed by atoms with van der Waals surface area (Å²) < 4.78 is 27.0. The molecule has 23 heavy (non-hydrogen) atoms. The fraction of sp³-hybridized carbons (Fsp3) is 0.500. The Bertz CT molecular complexity index is 579. The summed E-state index contributed by atoms with van der Waals surface area (Å²) in [7, 11) is -0.889. The van der Waals surface area contributed by atoms with Crippen molar-refractivity contribution in [2.24, 2.45) is 5.92 Å². The summed E-state index contributed by atoms with van der Waals surface area (Å²) in [5, 5.41) is 10.7. The summed E-state index contributed by atoms with van der Waals surface area (Å²) in [4.78, 5) is 22.2. The molecule has 0 spiro atoms. The molecule has 0 saturated heterocycles. The van der Waals surface area contributed by atoms with Gasteiger partial charge in [-0.1, -0.05) is 12.1 Å². The molecule has 1 aromatic rings. The number of non-ortho nitro benzene ring substituents is 1. The number of nitro benzene ring substituents is 1. The second-order valence-corrected chi connectivity index (χ2v) is 7.05. The number of nitrogens with zero attached hydrogens (tertiary/aromatic N) is 1. The van der Waals surface area contributed by atoms with Gasteiger partial charge in [0.2, 0.25) is 0 Å². The number of rotatable bonds is 9. The van der Waals surface area contributed by atoms with E-state index < -0.39 is 24.4 Å². The number of carbonyl (C=O) groups is 1. The Kier molecular flexibility index (Phi) is 7.35. The van der Waals surface area contributed by atoms with Crippen molar-refractivity contribution in [3.63, 3.8) is 0 Å². The van der Waals surface area contributed by atoms with Gasteiger partial charge in [-0.25, -0.2) is 0 Å². The van der Waals surface area contributed by atoms with Gasteiger partial charge in [0.1, 0.15) is 0 Å². The summed E-state index contributed by atoms with van der Waals surface area (Å²) in [5.74, 6) is -1.25. The first-order valence-electron chi connectivity index (χ1n) is 6.95. The molecule has 0 saturated carbocycles. The van der Waals surface area contributed by atoms with Crippen molar-refractivity contribution in [1.29, 1.82) is 0 Å². The zero-order valence-corrected chi connectivity index (χ0v) is 14.2. The average Bonchev–Trinajstić information content (AvgIpc) is 2.54. The van der Waals surface area contributed by atoms with Gasteiger partial charge in [0.15, 0.2) is 0 Å². The molecule has 8 nitrogen and oxygen atoms in total. The molecule has 128 valence electrons. The number of hydrogen-bond acceptors (Lipinski definition) is 7. The molecule has 0 amide bonds. The third-order valence-electron chi connectivity index (χ3n) is 3.25. The number of nitro groups is 1. The van der Waals surface area contributed by atoms with E-state index in [1.807, 2.05) is 0 Å². The molecule has 0 heterocycles. The molecule has 0 radical (unpaired) electrons. The zero-order valence-electron chi connectivity index (χ0n) is 13.3. The summed E-state index contributed by atoms with van der Waals surface area (Å²) in [6.45, 7) is 1.87. The Balaban J connectivity index is 2.94. The first-order valence-corrected chi connectivity index (χ1v) is 8.68. The van der Waals surface area contributed by atoms with Gasteiger partial charge in [-0.05, 0) is 18.9 Å². The first-order chi connectivity index (χ1) is 10.8. The van der Waals surface area contributed by atoms with E-state index in [0.717, 1.165) is 0 Å². The van der Waals surface area contributed by atoms with E-state index in [4.69, 9.17) is 13.8 Å². The number of ether oxygens (including phenoxy) is 1. The van der Waals surface area contributed by atoms with Crippen LogP contribution in [0.15, 0.2) is 24.3 Å². The van der Waals surface area contributed by atoms with Crippen LogP contribution in [0.1, 0.15) is 12.5 Å². The molecular weight excluding hydrogens is 325 g/mol. The van der Waals surface area contributed by atoms with E-state index in [9.17, 15) is 19.5 Å². The van der Waals surface area contributed by atoms with E-state index in [0.29, 0.717) is 5.56 Å². The van der Waals surface area contributed by atoms with Gasteiger partial charge in [-0.2, -0.15) is 0 Å². The van der Waals surface area contributed by atoms with Crippen molar-refractivity contribution in [1.82, 2.24) is 0 Å². The normalized spacial score (nSPS) is 12.7. The molecule has 0 bridgehead atoms. The molecule has 9 heteroatoms. The summed E-state index contributed by atoms with van der Waals surface area (Å²) in [6, 6.07) is 5.80. The molecule has 0 aromatic heterocycles. The maximum absolute atomic E-state index is 12.3. The molecule has 1 atom stereocenters. The minimum Gasteiger partial charge on any atom is -0.466 e. The summed E-state index contributed by atoms with van der Waals surface area (Å²) in [5.41, 5.74) is 0.647. The van der Waals surface area contributed by atoms with Crippen LogP contribution in [0, 0.1) is 16.0 Å². The average molecular weight is 345 g/mol. The van der Waals surface area contributed by atoms with Crippen molar-refractivity contribution in [2.45, 2.75) is 13.3 Å². The van der Waals surface area contributed by atoms with Crippen molar-refractivity contribution in [2.75, 3.05) is 27.0 Å². The Morgan fingerprint density at radius 1 is 1.26 bits per heavy atom. The van der Waals surface area contributed by atoms with E-state index in [1.165, 1.54) is 26.4 Å². The highest BCUT2D eigenvalue weighted by Crippen LogP contribution is 2.48. The van der Waals surface area contributed by atoms with Crippen LogP contribution >= 0.6 is 7.60 Å². The third-order valence-corrected chi connectivity index (χ3v) is 5.25. The van der Waals surface area contributed by atoms with Gasteiger partial charge < -0.3 is 13.8 Å². The summed E-state index contributed by atoms with van der Waals surface area (Å²) >= 11 is 0. The van der Waals surface area contributed by atoms with E-state index in [-0.39, 0.29) is 24.9 Å². The quantitative estimate of drug-likeness (QED) is 0.293. The van der Waals surface area contributed by atoms with Gasteiger partial charge in [0.25, 0.3) is 5.69 Å². The molecule has 0 aliphatic heterocycles. The second kappa shape index (κ2) is 8.76. The number of benzene rings is 1. The van der Waals surface area contributed by atoms with Gasteiger partial charge in [0, 0.05) is 26.4 Å². The Morgan fingerprint density at radius 2 is 1.83 bits per heavy atom. The van der Waals surface area contributed by atoms with Crippen LogP contribution in [0.3, 0.4) is 0 Å². The SMILES string of the molecule is CCOC(=O)C(Cc1ccc([N+](=O)[O-])cc1)CP(=O)(OC)OC. The molecule has 0 fully saturated rings. The number of esters is 1. The Morgan fingerprint density at radius 3 is 2.26 bits per heavy atom. The van der Waals surface area contributed by atoms with Crippen LogP contribution in [0.25, 0.3) is 0 Å². The predicted molar refractivity (Wildman–Crippen MR) is 83.4 cm³/mol. The zero-order chi connectivity index (χ0) is 17.5. The van der Waals surface area contributed by atoms with Gasteiger partial charge in [-0.15, -0.1) is 0 Å². The maximum atomic E-state index is 12.3. The standard InChI is InChI=1S/C14H20NO7P/c1-4-22-14(16)12(10-23(19,20-2)21-3)9-11-5-7-13(8-6-11)15(17)18/h5-8,12H,4,9-10H2,1-3H3. The van der Waals surface area contributed by atoms with Crippen LogP contribution in [0.4, 0.5) is 5.69 Å². The van der Waals surface area contributed by atoms with Gasteiger partial charge in [-0.3, -0.25) is 19.5 Å². The molecule has 1 rings (SSSR count). The van der Waals surface area contributed by atoms with Crippen LogP contribution < -0.4 is 0 Å². The van der Waals surface area contributed by atoms with Crippen LogP contribution in [-0.2, 0) is 29.6 Å². The molecule has 0 aliphatic carbocycles. The van der Waals surface area contributed by atoms with Crippen molar-refractivity contribution < 1.29 is 28.1 Å². The van der Waals surface area contributed by atoms with Crippen LogP contribution in [0.2, 0.25) is 0 Å². The summed E-state index contributed by atoms with van der Waals surface area (Å²) in [6.07, 6.45) is 0.0867. The van der Waals surface area contributed by atoms with E-state index in [2.05, 4.69) is 0 Å². The lowest BCUT2D eigenvalue weighted by atomic mass is 10.0.